The van der Waals surface area contributed by atoms with Crippen molar-refractivity contribution in [2.45, 2.75) is 39.8 Å². The van der Waals surface area contributed by atoms with Crippen LogP contribution in [0.25, 0.3) is 0 Å². The van der Waals surface area contributed by atoms with Crippen molar-refractivity contribution < 1.29 is 4.79 Å². The molecular formula is C16H25N3O. The zero-order chi connectivity index (χ0) is 14.5. The number of anilines is 1. The van der Waals surface area contributed by atoms with E-state index >= 15 is 0 Å². The van der Waals surface area contributed by atoms with Crippen LogP contribution in [0.5, 0.6) is 0 Å². The Morgan fingerprint density at radius 2 is 2.25 bits per heavy atom. The molecule has 1 heterocycles. The Bertz CT molecular complexity index is 473. The minimum absolute atomic E-state index is 0.0912. The van der Waals surface area contributed by atoms with E-state index in [9.17, 15) is 4.79 Å². The molecule has 1 aromatic carbocycles. The van der Waals surface area contributed by atoms with Gasteiger partial charge in [-0.05, 0) is 44.0 Å². The summed E-state index contributed by atoms with van der Waals surface area (Å²) in [4.78, 5) is 14.0. The SMILES string of the molecule is CCCNCc1ccc(N2CCNC(=O)C2C)c(C)c1. The van der Waals surface area contributed by atoms with Crippen LogP contribution in [0.15, 0.2) is 18.2 Å². The van der Waals surface area contributed by atoms with Crippen LogP contribution in [0.3, 0.4) is 0 Å². The molecule has 0 spiro atoms. The molecule has 0 saturated carbocycles. The van der Waals surface area contributed by atoms with Gasteiger partial charge in [0.2, 0.25) is 5.91 Å². The average Bonchev–Trinajstić information content (AvgIpc) is 2.43. The number of carbonyl (C=O) groups is 1. The summed E-state index contributed by atoms with van der Waals surface area (Å²) in [6, 6.07) is 6.43. The third-order valence-corrected chi connectivity index (χ3v) is 3.83. The number of piperazine rings is 1. The lowest BCUT2D eigenvalue weighted by Gasteiger charge is -2.35. The Labute approximate surface area is 121 Å². The predicted molar refractivity (Wildman–Crippen MR) is 83.0 cm³/mol. The molecule has 1 aliphatic heterocycles. The van der Waals surface area contributed by atoms with E-state index in [2.05, 4.69) is 47.6 Å². The monoisotopic (exact) mass is 275 g/mol. The van der Waals surface area contributed by atoms with Crippen molar-refractivity contribution in [3.8, 4) is 0 Å². The normalized spacial score (nSPS) is 19.1. The lowest BCUT2D eigenvalue weighted by atomic mass is 10.1. The molecule has 0 radical (unpaired) electrons. The van der Waals surface area contributed by atoms with Crippen LogP contribution in [-0.4, -0.2) is 31.6 Å². The fourth-order valence-corrected chi connectivity index (χ4v) is 2.67. The summed E-state index contributed by atoms with van der Waals surface area (Å²) in [5.74, 6) is 0.115. The molecule has 1 fully saturated rings. The summed E-state index contributed by atoms with van der Waals surface area (Å²) in [5.41, 5.74) is 3.71. The van der Waals surface area contributed by atoms with Gasteiger partial charge in [-0.15, -0.1) is 0 Å². The van der Waals surface area contributed by atoms with Crippen LogP contribution in [0.4, 0.5) is 5.69 Å². The molecular weight excluding hydrogens is 250 g/mol. The molecule has 2 rings (SSSR count). The van der Waals surface area contributed by atoms with Gasteiger partial charge in [0.05, 0.1) is 0 Å². The highest BCUT2D eigenvalue weighted by molar-refractivity contribution is 5.86. The maximum Gasteiger partial charge on any atom is 0.242 e. The zero-order valence-electron chi connectivity index (χ0n) is 12.7. The molecule has 0 bridgehead atoms. The van der Waals surface area contributed by atoms with E-state index in [1.54, 1.807) is 0 Å². The average molecular weight is 275 g/mol. The first-order chi connectivity index (χ1) is 9.63. The van der Waals surface area contributed by atoms with Gasteiger partial charge in [0.1, 0.15) is 6.04 Å². The van der Waals surface area contributed by atoms with Crippen molar-refractivity contribution >= 4 is 11.6 Å². The summed E-state index contributed by atoms with van der Waals surface area (Å²) < 4.78 is 0. The van der Waals surface area contributed by atoms with Crippen molar-refractivity contribution in [3.63, 3.8) is 0 Å². The molecule has 0 aliphatic carbocycles. The Balaban J connectivity index is 2.10. The minimum atomic E-state index is -0.0912. The third-order valence-electron chi connectivity index (χ3n) is 3.83. The smallest absolute Gasteiger partial charge is 0.242 e. The van der Waals surface area contributed by atoms with E-state index < -0.39 is 0 Å². The van der Waals surface area contributed by atoms with Crippen LogP contribution >= 0.6 is 0 Å². The van der Waals surface area contributed by atoms with E-state index in [-0.39, 0.29) is 11.9 Å². The number of aryl methyl sites for hydroxylation is 1. The van der Waals surface area contributed by atoms with Crippen LogP contribution in [0, 0.1) is 6.92 Å². The fourth-order valence-electron chi connectivity index (χ4n) is 2.67. The number of hydrogen-bond acceptors (Lipinski definition) is 3. The molecule has 4 nitrogen and oxygen atoms in total. The largest absolute Gasteiger partial charge is 0.358 e. The summed E-state index contributed by atoms with van der Waals surface area (Å²) in [6.45, 7) is 9.81. The van der Waals surface area contributed by atoms with Crippen LogP contribution in [0.2, 0.25) is 0 Å². The first kappa shape index (κ1) is 14.9. The van der Waals surface area contributed by atoms with Gasteiger partial charge in [0.25, 0.3) is 0 Å². The maximum absolute atomic E-state index is 11.8. The first-order valence-electron chi connectivity index (χ1n) is 7.48. The van der Waals surface area contributed by atoms with Crippen molar-refractivity contribution in [2.24, 2.45) is 0 Å². The van der Waals surface area contributed by atoms with Crippen LogP contribution in [0.1, 0.15) is 31.4 Å². The van der Waals surface area contributed by atoms with Gasteiger partial charge in [-0.2, -0.15) is 0 Å². The number of nitrogens with zero attached hydrogens (tertiary/aromatic N) is 1. The highest BCUT2D eigenvalue weighted by Gasteiger charge is 2.26. The van der Waals surface area contributed by atoms with Gasteiger partial charge in [-0.25, -0.2) is 0 Å². The van der Waals surface area contributed by atoms with Crippen molar-refractivity contribution in [1.29, 1.82) is 0 Å². The summed E-state index contributed by atoms with van der Waals surface area (Å²) >= 11 is 0. The molecule has 4 heteroatoms. The van der Waals surface area contributed by atoms with E-state index in [1.807, 2.05) is 6.92 Å². The van der Waals surface area contributed by atoms with Gasteiger partial charge in [-0.3, -0.25) is 4.79 Å². The van der Waals surface area contributed by atoms with E-state index in [1.165, 1.54) is 16.8 Å². The number of carbonyl (C=O) groups excluding carboxylic acids is 1. The molecule has 110 valence electrons. The highest BCUT2D eigenvalue weighted by Crippen LogP contribution is 2.24. The second kappa shape index (κ2) is 6.75. The van der Waals surface area contributed by atoms with E-state index in [4.69, 9.17) is 0 Å². The van der Waals surface area contributed by atoms with Gasteiger partial charge < -0.3 is 15.5 Å². The van der Waals surface area contributed by atoms with Crippen molar-refractivity contribution in [2.75, 3.05) is 24.5 Å². The van der Waals surface area contributed by atoms with Gasteiger partial charge in [0.15, 0.2) is 0 Å². The second-order valence-corrected chi connectivity index (χ2v) is 5.46. The Morgan fingerprint density at radius 3 is 2.95 bits per heavy atom. The van der Waals surface area contributed by atoms with Gasteiger partial charge in [0, 0.05) is 25.3 Å². The van der Waals surface area contributed by atoms with Crippen molar-refractivity contribution in [1.82, 2.24) is 10.6 Å². The maximum atomic E-state index is 11.8. The van der Waals surface area contributed by atoms with E-state index in [0.717, 1.165) is 32.6 Å². The second-order valence-electron chi connectivity index (χ2n) is 5.46. The first-order valence-corrected chi connectivity index (χ1v) is 7.48. The van der Waals surface area contributed by atoms with Gasteiger partial charge in [-0.1, -0.05) is 19.1 Å². The third kappa shape index (κ3) is 3.31. The van der Waals surface area contributed by atoms with Crippen LogP contribution in [-0.2, 0) is 11.3 Å². The van der Waals surface area contributed by atoms with Gasteiger partial charge >= 0.3 is 0 Å². The summed E-state index contributed by atoms with van der Waals surface area (Å²) in [5, 5.41) is 6.32. The minimum Gasteiger partial charge on any atom is -0.358 e. The molecule has 1 amide bonds. The fraction of sp³-hybridized carbons (Fsp3) is 0.562. The van der Waals surface area contributed by atoms with E-state index in [0.29, 0.717) is 0 Å². The quantitative estimate of drug-likeness (QED) is 0.806. The number of benzene rings is 1. The Kier molecular flexibility index (Phi) is 5.01. The molecule has 20 heavy (non-hydrogen) atoms. The highest BCUT2D eigenvalue weighted by atomic mass is 16.2. The van der Waals surface area contributed by atoms with Crippen molar-refractivity contribution in [3.05, 3.63) is 29.3 Å². The molecule has 1 atom stereocenters. The zero-order valence-corrected chi connectivity index (χ0v) is 12.7. The molecule has 0 aromatic heterocycles. The number of nitrogens with one attached hydrogen (secondary N) is 2. The topological polar surface area (TPSA) is 44.4 Å². The van der Waals surface area contributed by atoms with Crippen LogP contribution < -0.4 is 15.5 Å². The number of hydrogen-bond donors (Lipinski definition) is 2. The lowest BCUT2D eigenvalue weighted by molar-refractivity contribution is -0.122. The molecule has 1 unspecified atom stereocenters. The molecule has 1 aromatic rings. The number of amides is 1. The summed E-state index contributed by atoms with van der Waals surface area (Å²) in [7, 11) is 0. The lowest BCUT2D eigenvalue weighted by Crippen LogP contribution is -2.54. The molecule has 1 saturated heterocycles. The predicted octanol–water partition coefficient (Wildman–Crippen LogP) is 1.82. The standard InChI is InChI=1S/C16H25N3O/c1-4-7-17-11-14-5-6-15(12(2)10-14)19-9-8-18-16(20)13(19)3/h5-6,10,13,17H,4,7-9,11H2,1-3H3,(H,18,20). The molecule has 1 aliphatic rings. The summed E-state index contributed by atoms with van der Waals surface area (Å²) in [6.07, 6.45) is 1.15. The Hall–Kier alpha value is -1.55. The Morgan fingerprint density at radius 1 is 1.45 bits per heavy atom. The number of rotatable bonds is 5. The molecule has 2 N–H and O–H groups in total.